The van der Waals surface area contributed by atoms with E-state index in [2.05, 4.69) is 24.1 Å². The number of nitrogens with zero attached hydrogens (tertiary/aromatic N) is 1. The molecule has 1 aromatic heterocycles. The molecule has 0 aromatic carbocycles. The van der Waals surface area contributed by atoms with Crippen LogP contribution in [0.15, 0.2) is 5.38 Å². The molecule has 0 spiro atoms. The smallest absolute Gasteiger partial charge is 0.183 e. The molecule has 74 valence electrons. The average molecular weight is 199 g/mol. The van der Waals surface area contributed by atoms with Crippen LogP contribution in [0.25, 0.3) is 0 Å². The van der Waals surface area contributed by atoms with E-state index in [1.807, 2.05) is 12.3 Å². The largest absolute Gasteiger partial charge is 0.357 e. The van der Waals surface area contributed by atoms with Crippen LogP contribution in [0.2, 0.25) is 0 Å². The third-order valence-electron chi connectivity index (χ3n) is 1.83. The Morgan fingerprint density at radius 2 is 2.31 bits per heavy atom. The van der Waals surface area contributed by atoms with E-state index < -0.39 is 0 Å². The van der Waals surface area contributed by atoms with Crippen LogP contribution in [0.5, 0.6) is 0 Å². The summed E-state index contributed by atoms with van der Waals surface area (Å²) < 4.78 is 0. The van der Waals surface area contributed by atoms with Crippen molar-refractivity contribution in [3.63, 3.8) is 0 Å². The quantitative estimate of drug-likeness (QED) is 0.779. The van der Waals surface area contributed by atoms with Crippen molar-refractivity contribution >= 4 is 16.5 Å². The third-order valence-corrected chi connectivity index (χ3v) is 2.71. The molecule has 1 heterocycles. The SMILES string of the molecule is Cc1csc(NC(C)(C)CCN)n1. The van der Waals surface area contributed by atoms with Gasteiger partial charge in [-0.25, -0.2) is 4.98 Å². The van der Waals surface area contributed by atoms with Gasteiger partial charge in [0.15, 0.2) is 5.13 Å². The lowest BCUT2D eigenvalue weighted by molar-refractivity contribution is 0.526. The Kier molecular flexibility index (Phi) is 3.27. The summed E-state index contributed by atoms with van der Waals surface area (Å²) in [5, 5.41) is 6.39. The number of aryl methyl sites for hydroxylation is 1. The maximum atomic E-state index is 5.52. The van der Waals surface area contributed by atoms with Gasteiger partial charge in [0, 0.05) is 10.9 Å². The first-order valence-corrected chi connectivity index (χ1v) is 5.32. The minimum atomic E-state index is 0.0407. The van der Waals surface area contributed by atoms with Gasteiger partial charge >= 0.3 is 0 Å². The van der Waals surface area contributed by atoms with Crippen LogP contribution in [-0.2, 0) is 0 Å². The molecule has 0 saturated carbocycles. The van der Waals surface area contributed by atoms with Gasteiger partial charge in [-0.3, -0.25) is 0 Å². The summed E-state index contributed by atoms with van der Waals surface area (Å²) in [7, 11) is 0. The lowest BCUT2D eigenvalue weighted by Crippen LogP contribution is -2.33. The van der Waals surface area contributed by atoms with Gasteiger partial charge in [0.2, 0.25) is 0 Å². The van der Waals surface area contributed by atoms with E-state index in [4.69, 9.17) is 5.73 Å². The first kappa shape index (κ1) is 10.5. The number of aromatic nitrogens is 1. The molecule has 0 atom stereocenters. The van der Waals surface area contributed by atoms with Crippen molar-refractivity contribution in [2.45, 2.75) is 32.7 Å². The van der Waals surface area contributed by atoms with Gasteiger partial charge in [-0.15, -0.1) is 11.3 Å². The van der Waals surface area contributed by atoms with Crippen molar-refractivity contribution < 1.29 is 0 Å². The monoisotopic (exact) mass is 199 g/mol. The van der Waals surface area contributed by atoms with Crippen molar-refractivity contribution in [3.05, 3.63) is 11.1 Å². The summed E-state index contributed by atoms with van der Waals surface area (Å²) in [5.74, 6) is 0. The van der Waals surface area contributed by atoms with Crippen molar-refractivity contribution in [2.24, 2.45) is 5.73 Å². The molecular weight excluding hydrogens is 182 g/mol. The van der Waals surface area contributed by atoms with Crippen LogP contribution in [0.3, 0.4) is 0 Å². The Morgan fingerprint density at radius 1 is 1.62 bits per heavy atom. The highest BCUT2D eigenvalue weighted by atomic mass is 32.1. The van der Waals surface area contributed by atoms with Crippen molar-refractivity contribution in [1.29, 1.82) is 0 Å². The number of hydrogen-bond donors (Lipinski definition) is 2. The van der Waals surface area contributed by atoms with Crippen LogP contribution < -0.4 is 11.1 Å². The highest BCUT2D eigenvalue weighted by Gasteiger charge is 2.17. The summed E-state index contributed by atoms with van der Waals surface area (Å²) in [4.78, 5) is 4.34. The molecule has 0 aliphatic heterocycles. The van der Waals surface area contributed by atoms with Crippen LogP contribution in [0.1, 0.15) is 26.0 Å². The van der Waals surface area contributed by atoms with Gasteiger partial charge in [0.1, 0.15) is 0 Å². The van der Waals surface area contributed by atoms with Gasteiger partial charge in [0.05, 0.1) is 5.69 Å². The van der Waals surface area contributed by atoms with Gasteiger partial charge in [0.25, 0.3) is 0 Å². The third kappa shape index (κ3) is 3.32. The van der Waals surface area contributed by atoms with E-state index in [9.17, 15) is 0 Å². The molecule has 13 heavy (non-hydrogen) atoms. The Hall–Kier alpha value is -0.610. The molecule has 0 amide bonds. The zero-order valence-corrected chi connectivity index (χ0v) is 9.24. The normalized spacial score (nSPS) is 11.7. The zero-order chi connectivity index (χ0) is 9.90. The van der Waals surface area contributed by atoms with Crippen molar-refractivity contribution in [2.75, 3.05) is 11.9 Å². The fourth-order valence-electron chi connectivity index (χ4n) is 1.12. The molecular formula is C9H17N3S. The number of hydrogen-bond acceptors (Lipinski definition) is 4. The molecule has 1 rings (SSSR count). The number of anilines is 1. The molecule has 0 aliphatic carbocycles. The molecule has 3 nitrogen and oxygen atoms in total. The lowest BCUT2D eigenvalue weighted by atomic mass is 10.0. The highest BCUT2D eigenvalue weighted by Crippen LogP contribution is 2.21. The van der Waals surface area contributed by atoms with Gasteiger partial charge in [-0.1, -0.05) is 0 Å². The Morgan fingerprint density at radius 3 is 2.77 bits per heavy atom. The Labute approximate surface area is 83.4 Å². The number of nitrogens with two attached hydrogens (primary N) is 1. The fraction of sp³-hybridized carbons (Fsp3) is 0.667. The van der Waals surface area contributed by atoms with Gasteiger partial charge < -0.3 is 11.1 Å². The average Bonchev–Trinajstić information content (AvgIpc) is 2.34. The van der Waals surface area contributed by atoms with Crippen LogP contribution in [0, 0.1) is 6.92 Å². The molecule has 1 aromatic rings. The van der Waals surface area contributed by atoms with E-state index in [1.165, 1.54) is 0 Å². The predicted octanol–water partition coefficient (Wildman–Crippen LogP) is 1.99. The van der Waals surface area contributed by atoms with Crippen molar-refractivity contribution in [3.8, 4) is 0 Å². The Bertz CT molecular complexity index is 268. The molecule has 3 N–H and O–H groups in total. The zero-order valence-electron chi connectivity index (χ0n) is 8.42. The molecule has 0 unspecified atom stereocenters. The molecule has 0 aliphatic rings. The standard InChI is InChI=1S/C9H17N3S/c1-7-6-13-8(11-7)12-9(2,3)4-5-10/h6H,4-5,10H2,1-3H3,(H,11,12). The lowest BCUT2D eigenvalue weighted by Gasteiger charge is -2.25. The number of thiazole rings is 1. The van der Waals surface area contributed by atoms with E-state index in [0.29, 0.717) is 6.54 Å². The van der Waals surface area contributed by atoms with Crippen LogP contribution in [-0.4, -0.2) is 17.1 Å². The van der Waals surface area contributed by atoms with E-state index in [0.717, 1.165) is 17.2 Å². The second kappa shape index (κ2) is 4.07. The first-order valence-electron chi connectivity index (χ1n) is 4.44. The summed E-state index contributed by atoms with van der Waals surface area (Å²) in [6.07, 6.45) is 0.950. The molecule has 0 bridgehead atoms. The van der Waals surface area contributed by atoms with Gasteiger partial charge in [-0.05, 0) is 33.7 Å². The summed E-state index contributed by atoms with van der Waals surface area (Å²) >= 11 is 1.64. The summed E-state index contributed by atoms with van der Waals surface area (Å²) in [6.45, 7) is 6.97. The van der Waals surface area contributed by atoms with Crippen LogP contribution >= 0.6 is 11.3 Å². The second-order valence-corrected chi connectivity index (χ2v) is 4.70. The van der Waals surface area contributed by atoms with Gasteiger partial charge in [-0.2, -0.15) is 0 Å². The Balaban J connectivity index is 2.57. The maximum Gasteiger partial charge on any atom is 0.183 e. The van der Waals surface area contributed by atoms with E-state index in [1.54, 1.807) is 11.3 Å². The molecule has 4 heteroatoms. The van der Waals surface area contributed by atoms with Crippen molar-refractivity contribution in [1.82, 2.24) is 4.98 Å². The first-order chi connectivity index (χ1) is 6.03. The predicted molar refractivity (Wildman–Crippen MR) is 58.2 cm³/mol. The topological polar surface area (TPSA) is 50.9 Å². The second-order valence-electron chi connectivity index (χ2n) is 3.84. The fourth-order valence-corrected chi connectivity index (χ4v) is 1.99. The summed E-state index contributed by atoms with van der Waals surface area (Å²) in [6, 6.07) is 0. The van der Waals surface area contributed by atoms with E-state index in [-0.39, 0.29) is 5.54 Å². The van der Waals surface area contributed by atoms with Crippen LogP contribution in [0.4, 0.5) is 5.13 Å². The molecule has 0 fully saturated rings. The molecule has 0 radical (unpaired) electrons. The molecule has 0 saturated heterocycles. The maximum absolute atomic E-state index is 5.52. The van der Waals surface area contributed by atoms with E-state index >= 15 is 0 Å². The minimum absolute atomic E-state index is 0.0407. The number of rotatable bonds is 4. The number of nitrogens with one attached hydrogen (secondary N) is 1. The highest BCUT2D eigenvalue weighted by molar-refractivity contribution is 7.13. The summed E-state index contributed by atoms with van der Waals surface area (Å²) in [5.41, 5.74) is 6.62. The minimum Gasteiger partial charge on any atom is -0.357 e.